The smallest absolute Gasteiger partial charge is 0.320 e. The maximum absolute atomic E-state index is 13.7. The molecule has 0 atom stereocenters. The number of nitrogens with zero attached hydrogens (tertiary/aromatic N) is 3. The Labute approximate surface area is 172 Å². The number of hydrogen-bond acceptors (Lipinski definition) is 7. The van der Waals surface area contributed by atoms with Gasteiger partial charge in [0.15, 0.2) is 11.6 Å². The molecule has 0 saturated carbocycles. The summed E-state index contributed by atoms with van der Waals surface area (Å²) in [5.74, 6) is -2.39. The number of nitrogens with one attached hydrogen (secondary N) is 1. The van der Waals surface area contributed by atoms with Gasteiger partial charge in [-0.15, -0.1) is 0 Å². The molecule has 1 aromatic heterocycles. The van der Waals surface area contributed by atoms with Gasteiger partial charge in [-0.1, -0.05) is 29.8 Å². The lowest BCUT2D eigenvalue weighted by molar-refractivity contribution is 0.0250. The lowest BCUT2D eigenvalue weighted by atomic mass is 10.2. The lowest BCUT2D eigenvalue weighted by Crippen LogP contribution is -2.29. The van der Waals surface area contributed by atoms with Crippen LogP contribution in [0.1, 0.15) is 25.8 Å². The van der Waals surface area contributed by atoms with Gasteiger partial charge in [0.25, 0.3) is 5.92 Å². The summed E-state index contributed by atoms with van der Waals surface area (Å²) in [6, 6.07) is 7.21. The van der Waals surface area contributed by atoms with Crippen molar-refractivity contribution < 1.29 is 18.6 Å². The van der Waals surface area contributed by atoms with Crippen molar-refractivity contribution in [3.63, 3.8) is 0 Å². The minimum Gasteiger partial charge on any atom is -0.460 e. The Morgan fingerprint density at radius 2 is 2.07 bits per heavy atom. The Kier molecular flexibility index (Phi) is 6.00. The van der Waals surface area contributed by atoms with Crippen molar-refractivity contribution in [2.24, 2.45) is 0 Å². The van der Waals surface area contributed by atoms with Crippen molar-refractivity contribution in [3.05, 3.63) is 34.9 Å². The van der Waals surface area contributed by atoms with Crippen LogP contribution in [0.2, 0.25) is 5.02 Å². The molecule has 0 radical (unpaired) electrons. The molecule has 1 saturated heterocycles. The van der Waals surface area contributed by atoms with Crippen LogP contribution in [0, 0.1) is 0 Å². The number of halogens is 3. The second-order valence-corrected chi connectivity index (χ2v) is 8.07. The van der Waals surface area contributed by atoms with Gasteiger partial charge in [-0.3, -0.25) is 0 Å². The highest BCUT2D eigenvalue weighted by molar-refractivity contribution is 6.31. The normalized spacial score (nSPS) is 16.1. The molecule has 4 N–H and O–H groups in total. The molecule has 0 bridgehead atoms. The number of aromatic nitrogens is 2. The Morgan fingerprint density at radius 3 is 2.69 bits per heavy atom. The predicted molar refractivity (Wildman–Crippen MR) is 109 cm³/mol. The second-order valence-electron chi connectivity index (χ2n) is 7.67. The van der Waals surface area contributed by atoms with Crippen LogP contribution in [-0.4, -0.2) is 46.3 Å². The van der Waals surface area contributed by atoms with E-state index in [9.17, 15) is 13.9 Å². The highest BCUT2D eigenvalue weighted by atomic mass is 35.5. The molecule has 0 aliphatic carbocycles. The monoisotopic (exact) mass is 427 g/mol. The van der Waals surface area contributed by atoms with E-state index in [-0.39, 0.29) is 42.9 Å². The number of rotatable bonds is 7. The molecule has 10 heteroatoms. The SMILES string of the molecule is CC(C)(O)COc1nc(NCc2ccccc2Cl)c(N)c(N2CCC(F)(F)C2)n1. The van der Waals surface area contributed by atoms with E-state index in [0.29, 0.717) is 11.6 Å². The van der Waals surface area contributed by atoms with E-state index >= 15 is 0 Å². The zero-order valence-electron chi connectivity index (χ0n) is 16.3. The first-order valence-corrected chi connectivity index (χ1v) is 9.55. The van der Waals surface area contributed by atoms with E-state index in [0.717, 1.165) is 5.56 Å². The van der Waals surface area contributed by atoms with Crippen LogP contribution in [0.4, 0.5) is 26.1 Å². The number of alkyl halides is 2. The summed E-state index contributed by atoms with van der Waals surface area (Å²) in [5, 5.41) is 13.5. The van der Waals surface area contributed by atoms with Crippen molar-refractivity contribution in [1.82, 2.24) is 9.97 Å². The molecule has 158 valence electrons. The summed E-state index contributed by atoms with van der Waals surface area (Å²) in [4.78, 5) is 9.88. The number of aliphatic hydroxyl groups is 1. The van der Waals surface area contributed by atoms with Crippen molar-refractivity contribution in [2.75, 3.05) is 35.6 Å². The maximum atomic E-state index is 13.7. The molecule has 29 heavy (non-hydrogen) atoms. The molecular formula is C19H24ClF2N5O2. The maximum Gasteiger partial charge on any atom is 0.320 e. The van der Waals surface area contributed by atoms with Crippen LogP contribution in [0.5, 0.6) is 6.01 Å². The number of nitrogens with two attached hydrogens (primary N) is 1. The summed E-state index contributed by atoms with van der Waals surface area (Å²) in [7, 11) is 0. The summed E-state index contributed by atoms with van der Waals surface area (Å²) < 4.78 is 32.9. The minimum atomic E-state index is -2.81. The molecule has 1 fully saturated rings. The fourth-order valence-corrected chi connectivity index (χ4v) is 3.06. The lowest BCUT2D eigenvalue weighted by Gasteiger charge is -2.22. The van der Waals surface area contributed by atoms with Crippen molar-refractivity contribution in [2.45, 2.75) is 38.3 Å². The second kappa shape index (κ2) is 8.16. The molecule has 1 aliphatic rings. The quantitative estimate of drug-likeness (QED) is 0.623. The third-order valence-electron chi connectivity index (χ3n) is 4.33. The van der Waals surface area contributed by atoms with Crippen molar-refractivity contribution >= 4 is 28.9 Å². The van der Waals surface area contributed by atoms with Gasteiger partial charge in [-0.2, -0.15) is 9.97 Å². The van der Waals surface area contributed by atoms with E-state index in [2.05, 4.69) is 15.3 Å². The van der Waals surface area contributed by atoms with E-state index in [1.54, 1.807) is 19.9 Å². The highest BCUT2D eigenvalue weighted by Crippen LogP contribution is 2.36. The van der Waals surface area contributed by atoms with Crippen molar-refractivity contribution in [3.8, 4) is 6.01 Å². The molecule has 3 rings (SSSR count). The van der Waals surface area contributed by atoms with Gasteiger partial charge < -0.3 is 25.8 Å². The van der Waals surface area contributed by atoms with Gasteiger partial charge in [0, 0.05) is 24.5 Å². The van der Waals surface area contributed by atoms with E-state index in [4.69, 9.17) is 22.1 Å². The number of anilines is 3. The molecule has 1 aliphatic heterocycles. The topological polar surface area (TPSA) is 96.5 Å². The first kappa shape index (κ1) is 21.3. The molecule has 0 amide bonds. The molecule has 1 aromatic carbocycles. The summed E-state index contributed by atoms with van der Waals surface area (Å²) in [5.41, 5.74) is 6.04. The van der Waals surface area contributed by atoms with Gasteiger partial charge in [0.2, 0.25) is 0 Å². The molecule has 0 spiro atoms. The first-order valence-electron chi connectivity index (χ1n) is 9.17. The average Bonchev–Trinajstić information content (AvgIpc) is 3.00. The Balaban J connectivity index is 1.88. The molecular weight excluding hydrogens is 404 g/mol. The number of nitrogen functional groups attached to an aromatic ring is 1. The van der Waals surface area contributed by atoms with Crippen LogP contribution in [-0.2, 0) is 6.54 Å². The van der Waals surface area contributed by atoms with Gasteiger partial charge in [0.1, 0.15) is 12.3 Å². The van der Waals surface area contributed by atoms with Gasteiger partial charge in [0.05, 0.1) is 12.1 Å². The zero-order valence-corrected chi connectivity index (χ0v) is 17.0. The van der Waals surface area contributed by atoms with Crippen LogP contribution in [0.15, 0.2) is 24.3 Å². The van der Waals surface area contributed by atoms with Gasteiger partial charge in [-0.25, -0.2) is 8.78 Å². The third-order valence-corrected chi connectivity index (χ3v) is 4.70. The average molecular weight is 428 g/mol. The number of ether oxygens (including phenoxy) is 1. The summed E-state index contributed by atoms with van der Waals surface area (Å²) >= 11 is 6.18. The molecule has 0 unspecified atom stereocenters. The fourth-order valence-electron chi connectivity index (χ4n) is 2.86. The minimum absolute atomic E-state index is 0.0619. The van der Waals surface area contributed by atoms with E-state index in [1.807, 2.05) is 18.2 Å². The first-order chi connectivity index (χ1) is 13.5. The van der Waals surface area contributed by atoms with Gasteiger partial charge in [-0.05, 0) is 25.5 Å². The molecule has 2 aromatic rings. The van der Waals surface area contributed by atoms with Crippen LogP contribution >= 0.6 is 11.6 Å². The van der Waals surface area contributed by atoms with Crippen molar-refractivity contribution in [1.29, 1.82) is 0 Å². The molecule has 2 heterocycles. The Hall–Kier alpha value is -2.39. The number of benzene rings is 1. The molecule has 7 nitrogen and oxygen atoms in total. The van der Waals surface area contributed by atoms with Crippen LogP contribution < -0.4 is 20.7 Å². The van der Waals surface area contributed by atoms with Crippen LogP contribution in [0.25, 0.3) is 0 Å². The number of hydrogen-bond donors (Lipinski definition) is 3. The zero-order chi connectivity index (χ0) is 21.2. The summed E-state index contributed by atoms with van der Waals surface area (Å²) in [6.45, 7) is 3.02. The predicted octanol–water partition coefficient (Wildman–Crippen LogP) is 3.32. The fraction of sp³-hybridized carbons (Fsp3) is 0.474. The summed E-state index contributed by atoms with van der Waals surface area (Å²) in [6.07, 6.45) is -0.279. The standard InChI is InChI=1S/C19H24ClF2N5O2/c1-18(2,28)11-29-17-25-15(24-9-12-5-3-4-6-13(12)20)14(23)16(26-17)27-8-7-19(21,22)10-27/h3-6,28H,7-11,23H2,1-2H3,(H,24,25,26). The Morgan fingerprint density at radius 1 is 1.34 bits per heavy atom. The van der Waals surface area contributed by atoms with E-state index < -0.39 is 18.1 Å². The third kappa shape index (κ3) is 5.57. The largest absolute Gasteiger partial charge is 0.460 e. The van der Waals surface area contributed by atoms with Crippen LogP contribution in [0.3, 0.4) is 0 Å². The van der Waals surface area contributed by atoms with E-state index in [1.165, 1.54) is 4.90 Å². The highest BCUT2D eigenvalue weighted by Gasteiger charge is 2.40. The Bertz CT molecular complexity index is 876. The van der Waals surface area contributed by atoms with Gasteiger partial charge >= 0.3 is 6.01 Å².